The number of aromatic hydroxyl groups is 1. The average Bonchev–Trinajstić information content (AvgIpc) is 3.07. The van der Waals surface area contributed by atoms with Crippen LogP contribution < -0.4 is 10.7 Å². The predicted octanol–water partition coefficient (Wildman–Crippen LogP) is 2.69. The summed E-state index contributed by atoms with van der Waals surface area (Å²) in [4.78, 5) is 41.8. The Kier molecular flexibility index (Phi) is 5.94. The van der Waals surface area contributed by atoms with Crippen molar-refractivity contribution < 1.29 is 27.9 Å². The average molecular weight is 449 g/mol. The molecule has 1 aliphatic heterocycles. The van der Waals surface area contributed by atoms with Crippen molar-refractivity contribution in [3.05, 3.63) is 62.8 Å². The number of pyridine rings is 1. The summed E-state index contributed by atoms with van der Waals surface area (Å²) in [5.41, 5.74) is -2.50. The molecule has 1 aromatic carbocycles. The summed E-state index contributed by atoms with van der Waals surface area (Å²) in [7, 11) is 0. The van der Waals surface area contributed by atoms with E-state index in [2.05, 4.69) is 10.3 Å². The number of benzene rings is 1. The summed E-state index contributed by atoms with van der Waals surface area (Å²) in [6.45, 7) is 0.431. The maximum absolute atomic E-state index is 13.7. The Labute approximate surface area is 181 Å². The zero-order valence-electron chi connectivity index (χ0n) is 17.1. The van der Waals surface area contributed by atoms with E-state index in [9.17, 15) is 32.7 Å². The first-order valence-corrected chi connectivity index (χ1v) is 10.4. The van der Waals surface area contributed by atoms with E-state index in [1.54, 1.807) is 4.90 Å². The second kappa shape index (κ2) is 8.68. The number of carbonyl (C=O) groups is 2. The van der Waals surface area contributed by atoms with Crippen molar-refractivity contribution in [3.63, 3.8) is 0 Å². The quantitative estimate of drug-likeness (QED) is 0.668. The molecule has 32 heavy (non-hydrogen) atoms. The molecule has 3 N–H and O–H groups in total. The lowest BCUT2D eigenvalue weighted by Gasteiger charge is -2.25. The molecule has 0 radical (unpaired) electrons. The summed E-state index contributed by atoms with van der Waals surface area (Å²) >= 11 is 0. The van der Waals surface area contributed by atoms with Crippen LogP contribution in [0.2, 0.25) is 0 Å². The Morgan fingerprint density at radius 1 is 1.12 bits per heavy atom. The summed E-state index contributed by atoms with van der Waals surface area (Å²) in [6.07, 6.45) is 5.12. The van der Waals surface area contributed by atoms with E-state index in [1.807, 2.05) is 0 Å². The molecule has 4 rings (SSSR count). The molecule has 2 amide bonds. The third kappa shape index (κ3) is 4.21. The van der Waals surface area contributed by atoms with Gasteiger partial charge in [0.1, 0.15) is 23.0 Å². The van der Waals surface area contributed by atoms with Gasteiger partial charge >= 0.3 is 0 Å². The predicted molar refractivity (Wildman–Crippen MR) is 108 cm³/mol. The Morgan fingerprint density at radius 2 is 1.81 bits per heavy atom. The molecule has 0 unspecified atom stereocenters. The first-order chi connectivity index (χ1) is 15.2. The zero-order chi connectivity index (χ0) is 23.0. The number of rotatable bonds is 4. The molecule has 0 spiro atoms. The van der Waals surface area contributed by atoms with Crippen LogP contribution in [0.25, 0.3) is 0 Å². The van der Waals surface area contributed by atoms with Gasteiger partial charge in [-0.25, -0.2) is 13.2 Å². The summed E-state index contributed by atoms with van der Waals surface area (Å²) in [5.74, 6) is -4.92. The van der Waals surface area contributed by atoms with Crippen molar-refractivity contribution in [1.29, 1.82) is 0 Å². The highest BCUT2D eigenvalue weighted by Crippen LogP contribution is 2.36. The number of halogens is 3. The summed E-state index contributed by atoms with van der Waals surface area (Å²) in [6, 6.07) is 0.941. The van der Waals surface area contributed by atoms with Gasteiger partial charge in [-0.05, 0) is 31.1 Å². The van der Waals surface area contributed by atoms with Crippen LogP contribution in [0.4, 0.5) is 13.2 Å². The molecule has 10 heteroatoms. The van der Waals surface area contributed by atoms with Gasteiger partial charge in [0.25, 0.3) is 11.8 Å². The van der Waals surface area contributed by atoms with Gasteiger partial charge in [0.2, 0.25) is 5.43 Å². The number of H-pyrrole nitrogens is 1. The fourth-order valence-corrected chi connectivity index (χ4v) is 4.55. The standard InChI is InChI=1S/C22H22F3N3O4/c23-13-6-16(24)14(17(25)7-13)8-27-21(31)15-9-26-18(20(30)19(15)29)22(32)28-4-3-11-1-2-12(5-11)10-28/h6-7,9,11-12,30H,1-5,8,10H2,(H,26,29)(H,27,31)/t11-,12-/m1/s1. The fourth-order valence-electron chi connectivity index (χ4n) is 4.55. The van der Waals surface area contributed by atoms with E-state index in [1.165, 1.54) is 0 Å². The fraction of sp³-hybridized carbons (Fsp3) is 0.409. The number of aromatic nitrogens is 1. The molecule has 2 bridgehead atoms. The molecule has 2 atom stereocenters. The molecular weight excluding hydrogens is 427 g/mol. The molecule has 1 saturated heterocycles. The van der Waals surface area contributed by atoms with Crippen molar-refractivity contribution >= 4 is 11.8 Å². The molecule has 2 aromatic rings. The van der Waals surface area contributed by atoms with Crippen LogP contribution >= 0.6 is 0 Å². The second-order valence-electron chi connectivity index (χ2n) is 8.37. The Morgan fingerprint density at radius 3 is 2.53 bits per heavy atom. The molecule has 1 saturated carbocycles. The number of likely N-dealkylation sites (tertiary alicyclic amines) is 1. The van der Waals surface area contributed by atoms with Crippen LogP contribution in [0, 0.1) is 29.3 Å². The van der Waals surface area contributed by atoms with Crippen LogP contribution in [0.1, 0.15) is 52.1 Å². The van der Waals surface area contributed by atoms with E-state index in [0.29, 0.717) is 37.1 Å². The lowest BCUT2D eigenvalue weighted by Crippen LogP contribution is -2.37. The van der Waals surface area contributed by atoms with E-state index in [4.69, 9.17) is 0 Å². The number of carbonyl (C=O) groups excluding carboxylic acids is 2. The van der Waals surface area contributed by atoms with Crippen LogP contribution in [-0.2, 0) is 6.54 Å². The molecule has 2 aliphatic rings. The van der Waals surface area contributed by atoms with Gasteiger partial charge in [-0.15, -0.1) is 0 Å². The molecule has 1 aromatic heterocycles. The molecule has 7 nitrogen and oxygen atoms in total. The third-order valence-corrected chi connectivity index (χ3v) is 6.27. The minimum atomic E-state index is -1.19. The second-order valence-corrected chi connectivity index (χ2v) is 8.37. The van der Waals surface area contributed by atoms with Crippen molar-refractivity contribution in [2.45, 2.75) is 32.2 Å². The zero-order valence-corrected chi connectivity index (χ0v) is 17.1. The Bertz CT molecular complexity index is 1110. The van der Waals surface area contributed by atoms with Gasteiger partial charge in [-0.2, -0.15) is 0 Å². The number of aromatic amines is 1. The number of fused-ring (bicyclic) bond motifs is 2. The van der Waals surface area contributed by atoms with E-state index in [0.717, 1.165) is 31.9 Å². The minimum Gasteiger partial charge on any atom is -0.503 e. The van der Waals surface area contributed by atoms with E-state index >= 15 is 0 Å². The van der Waals surface area contributed by atoms with Gasteiger partial charge in [0.05, 0.1) is 0 Å². The van der Waals surface area contributed by atoms with Gasteiger partial charge in [0.15, 0.2) is 11.4 Å². The summed E-state index contributed by atoms with van der Waals surface area (Å²) in [5, 5.41) is 12.5. The van der Waals surface area contributed by atoms with Crippen LogP contribution in [0.5, 0.6) is 5.75 Å². The van der Waals surface area contributed by atoms with Crippen molar-refractivity contribution in [3.8, 4) is 5.75 Å². The maximum Gasteiger partial charge on any atom is 0.274 e. The highest BCUT2D eigenvalue weighted by atomic mass is 19.1. The minimum absolute atomic E-state index is 0.306. The smallest absolute Gasteiger partial charge is 0.274 e. The largest absolute Gasteiger partial charge is 0.503 e. The third-order valence-electron chi connectivity index (χ3n) is 6.27. The molecule has 2 heterocycles. The molecule has 170 valence electrons. The molecule has 1 aliphatic carbocycles. The number of amides is 2. The number of nitrogens with zero attached hydrogens (tertiary/aromatic N) is 1. The van der Waals surface area contributed by atoms with Crippen LogP contribution in [0.3, 0.4) is 0 Å². The van der Waals surface area contributed by atoms with E-state index < -0.39 is 58.1 Å². The highest BCUT2D eigenvalue weighted by molar-refractivity contribution is 5.98. The number of hydrogen-bond acceptors (Lipinski definition) is 4. The topological polar surface area (TPSA) is 102 Å². The highest BCUT2D eigenvalue weighted by Gasteiger charge is 2.33. The first-order valence-electron chi connectivity index (χ1n) is 10.4. The number of hydrogen-bond donors (Lipinski definition) is 3. The van der Waals surface area contributed by atoms with Crippen LogP contribution in [0.15, 0.2) is 23.1 Å². The molecule has 2 fully saturated rings. The van der Waals surface area contributed by atoms with E-state index in [-0.39, 0.29) is 5.69 Å². The van der Waals surface area contributed by atoms with Gasteiger partial charge in [0, 0.05) is 43.5 Å². The van der Waals surface area contributed by atoms with Gasteiger partial charge in [-0.3, -0.25) is 14.4 Å². The van der Waals surface area contributed by atoms with Gasteiger partial charge < -0.3 is 20.3 Å². The summed E-state index contributed by atoms with van der Waals surface area (Å²) < 4.78 is 40.5. The monoisotopic (exact) mass is 449 g/mol. The lowest BCUT2D eigenvalue weighted by molar-refractivity contribution is 0.0723. The SMILES string of the molecule is O=C(NCc1c(F)cc(F)cc1F)c1c[nH]c(C(=O)N2CC[C@H]3CC[C@H](C3)C2)c(O)c1=O. The molecular formula is C22H22F3N3O4. The Balaban J connectivity index is 1.49. The maximum atomic E-state index is 13.7. The van der Waals surface area contributed by atoms with Crippen LogP contribution in [-0.4, -0.2) is 39.9 Å². The lowest BCUT2D eigenvalue weighted by atomic mass is 10.0. The first kappa shape index (κ1) is 21.9. The Hall–Kier alpha value is -3.30. The normalized spacial score (nSPS) is 20.2. The van der Waals surface area contributed by atoms with Gasteiger partial charge in [-0.1, -0.05) is 6.42 Å². The van der Waals surface area contributed by atoms with Crippen molar-refractivity contribution in [1.82, 2.24) is 15.2 Å². The van der Waals surface area contributed by atoms with Crippen molar-refractivity contribution in [2.24, 2.45) is 11.8 Å². The van der Waals surface area contributed by atoms with Crippen molar-refractivity contribution in [2.75, 3.05) is 13.1 Å². The number of nitrogens with one attached hydrogen (secondary N) is 2.